The minimum atomic E-state index is -0.0924. The van der Waals surface area contributed by atoms with E-state index >= 15 is 0 Å². The summed E-state index contributed by atoms with van der Waals surface area (Å²) in [4.78, 5) is 22.3. The number of carbonyl (C=O) groups excluding carboxylic acids is 1. The number of anilines is 1. The molecule has 1 aromatic heterocycles. The lowest BCUT2D eigenvalue weighted by molar-refractivity contribution is -0.119. The highest BCUT2D eigenvalue weighted by Gasteiger charge is 2.24. The van der Waals surface area contributed by atoms with Crippen LogP contribution in [0.3, 0.4) is 0 Å². The summed E-state index contributed by atoms with van der Waals surface area (Å²) in [7, 11) is 0. The molecule has 2 N–H and O–H groups in total. The number of benzene rings is 2. The van der Waals surface area contributed by atoms with Gasteiger partial charge in [-0.15, -0.1) is 0 Å². The molecule has 1 unspecified atom stereocenters. The molecule has 142 valence electrons. The van der Waals surface area contributed by atoms with Crippen LogP contribution in [0.2, 0.25) is 0 Å². The molecule has 3 aromatic rings. The lowest BCUT2D eigenvalue weighted by Crippen LogP contribution is -2.22. The van der Waals surface area contributed by atoms with E-state index in [4.69, 9.17) is 9.97 Å². The monoisotopic (exact) mass is 373 g/mol. The second-order valence-corrected chi connectivity index (χ2v) is 7.22. The highest BCUT2D eigenvalue weighted by atomic mass is 16.3. The van der Waals surface area contributed by atoms with Crippen LogP contribution in [0.1, 0.15) is 31.5 Å². The highest BCUT2D eigenvalue weighted by Crippen LogP contribution is 2.36. The summed E-state index contributed by atoms with van der Waals surface area (Å²) in [6.07, 6.45) is 2.27. The second kappa shape index (κ2) is 7.43. The predicted molar refractivity (Wildman–Crippen MR) is 110 cm³/mol. The molecule has 0 fully saturated rings. The largest absolute Gasteiger partial charge is 0.508 e. The average molecular weight is 373 g/mol. The number of hydrogen-bond donors (Lipinski definition) is 2. The first-order valence-corrected chi connectivity index (χ1v) is 9.66. The third-order valence-corrected chi connectivity index (χ3v) is 5.29. The zero-order valence-electron chi connectivity index (χ0n) is 16.1. The van der Waals surface area contributed by atoms with Crippen LogP contribution in [0.4, 0.5) is 5.82 Å². The Labute approximate surface area is 164 Å². The molecule has 1 aliphatic carbocycles. The van der Waals surface area contributed by atoms with E-state index in [1.54, 1.807) is 12.1 Å². The zero-order chi connectivity index (χ0) is 19.7. The Morgan fingerprint density at radius 1 is 1.11 bits per heavy atom. The summed E-state index contributed by atoms with van der Waals surface area (Å²) >= 11 is 0. The lowest BCUT2D eigenvalue weighted by Gasteiger charge is -2.21. The fraction of sp³-hybridized carbons (Fsp3) is 0.261. The van der Waals surface area contributed by atoms with Gasteiger partial charge in [0.05, 0.1) is 11.4 Å². The first-order valence-electron chi connectivity index (χ1n) is 9.66. The molecule has 0 saturated carbocycles. The van der Waals surface area contributed by atoms with Crippen molar-refractivity contribution in [3.8, 4) is 28.3 Å². The number of aromatic nitrogens is 2. The van der Waals surface area contributed by atoms with Gasteiger partial charge in [-0.2, -0.15) is 0 Å². The number of rotatable bonds is 4. The molecule has 5 nitrogen and oxygen atoms in total. The van der Waals surface area contributed by atoms with Gasteiger partial charge in [0.2, 0.25) is 5.91 Å². The molecule has 28 heavy (non-hydrogen) atoms. The maximum absolute atomic E-state index is 12.5. The number of carbonyl (C=O) groups is 1. The summed E-state index contributed by atoms with van der Waals surface area (Å²) in [5.74, 6) is 0.633. The van der Waals surface area contributed by atoms with Gasteiger partial charge in [0.25, 0.3) is 0 Å². The second-order valence-electron chi connectivity index (χ2n) is 7.22. The first-order chi connectivity index (χ1) is 13.6. The molecule has 1 amide bonds. The van der Waals surface area contributed by atoms with Gasteiger partial charge in [0, 0.05) is 17.0 Å². The van der Waals surface area contributed by atoms with E-state index in [1.165, 1.54) is 0 Å². The van der Waals surface area contributed by atoms with E-state index in [0.717, 1.165) is 47.3 Å². The molecule has 0 saturated heterocycles. The standard InChI is InChI=1S/C23H23N3O2/c1-3-14(2)23(28)26-22-20(15-7-5-4-6-8-15)25-21-18-11-10-17(27)13-16(18)9-12-19(21)24-22/h4-8,10-11,13-14,27H,3,9,12H2,1-2H3,(H,24,26,28). The van der Waals surface area contributed by atoms with Crippen molar-refractivity contribution in [2.75, 3.05) is 5.32 Å². The quantitative estimate of drug-likeness (QED) is 0.701. The SMILES string of the molecule is CCC(C)C(=O)Nc1nc2c(nc1-c1ccccc1)-c1ccc(O)cc1CC2. The Hall–Kier alpha value is -3.21. The molecular weight excluding hydrogens is 350 g/mol. The Morgan fingerprint density at radius 3 is 2.64 bits per heavy atom. The molecular formula is C23H23N3O2. The van der Waals surface area contributed by atoms with E-state index < -0.39 is 0 Å². The van der Waals surface area contributed by atoms with Crippen molar-refractivity contribution in [1.82, 2.24) is 9.97 Å². The summed E-state index contributed by atoms with van der Waals surface area (Å²) in [6.45, 7) is 3.90. The number of aromatic hydroxyl groups is 1. The van der Waals surface area contributed by atoms with Crippen LogP contribution in [-0.4, -0.2) is 21.0 Å². The number of amides is 1. The van der Waals surface area contributed by atoms with Crippen molar-refractivity contribution in [1.29, 1.82) is 0 Å². The lowest BCUT2D eigenvalue weighted by atomic mass is 9.91. The molecule has 0 radical (unpaired) electrons. The summed E-state index contributed by atoms with van der Waals surface area (Å²) in [5, 5.41) is 12.8. The van der Waals surface area contributed by atoms with Crippen LogP contribution in [0.25, 0.3) is 22.5 Å². The van der Waals surface area contributed by atoms with E-state index in [9.17, 15) is 9.90 Å². The van der Waals surface area contributed by atoms with Crippen LogP contribution in [0.5, 0.6) is 5.75 Å². The zero-order valence-corrected chi connectivity index (χ0v) is 16.1. The van der Waals surface area contributed by atoms with E-state index in [2.05, 4.69) is 5.32 Å². The number of phenols is 1. The smallest absolute Gasteiger partial charge is 0.228 e. The highest BCUT2D eigenvalue weighted by molar-refractivity contribution is 5.95. The van der Waals surface area contributed by atoms with Crippen molar-refractivity contribution in [3.05, 3.63) is 59.8 Å². The number of aryl methyl sites for hydroxylation is 2. The Morgan fingerprint density at radius 2 is 1.89 bits per heavy atom. The van der Waals surface area contributed by atoms with Crippen molar-refractivity contribution < 1.29 is 9.90 Å². The van der Waals surface area contributed by atoms with Gasteiger partial charge in [-0.05, 0) is 43.0 Å². The topological polar surface area (TPSA) is 75.1 Å². The maximum atomic E-state index is 12.5. The minimum absolute atomic E-state index is 0.0462. The van der Waals surface area contributed by atoms with Crippen molar-refractivity contribution in [2.24, 2.45) is 5.92 Å². The number of hydrogen-bond acceptors (Lipinski definition) is 4. The van der Waals surface area contributed by atoms with Crippen molar-refractivity contribution in [2.45, 2.75) is 33.1 Å². The van der Waals surface area contributed by atoms with Crippen LogP contribution in [-0.2, 0) is 17.6 Å². The Balaban J connectivity index is 1.86. The van der Waals surface area contributed by atoms with Gasteiger partial charge in [-0.25, -0.2) is 9.97 Å². The van der Waals surface area contributed by atoms with Crippen LogP contribution < -0.4 is 5.32 Å². The molecule has 1 heterocycles. The van der Waals surface area contributed by atoms with E-state index in [1.807, 2.05) is 50.2 Å². The Kier molecular flexibility index (Phi) is 4.82. The van der Waals surface area contributed by atoms with Gasteiger partial charge in [-0.3, -0.25) is 4.79 Å². The molecule has 2 aromatic carbocycles. The molecule has 0 bridgehead atoms. The third-order valence-electron chi connectivity index (χ3n) is 5.29. The number of fused-ring (bicyclic) bond motifs is 3. The minimum Gasteiger partial charge on any atom is -0.508 e. The van der Waals surface area contributed by atoms with Gasteiger partial charge in [-0.1, -0.05) is 44.2 Å². The van der Waals surface area contributed by atoms with E-state index in [0.29, 0.717) is 11.5 Å². The molecule has 1 atom stereocenters. The first kappa shape index (κ1) is 18.2. The normalized spacial score (nSPS) is 13.4. The molecule has 1 aliphatic rings. The summed E-state index contributed by atoms with van der Waals surface area (Å²) < 4.78 is 0. The number of nitrogens with zero attached hydrogens (tertiary/aromatic N) is 2. The summed E-state index contributed by atoms with van der Waals surface area (Å²) in [6, 6.07) is 15.1. The van der Waals surface area contributed by atoms with Gasteiger partial charge < -0.3 is 10.4 Å². The van der Waals surface area contributed by atoms with Crippen LogP contribution >= 0.6 is 0 Å². The van der Waals surface area contributed by atoms with Crippen LogP contribution in [0, 0.1) is 5.92 Å². The Bertz CT molecular complexity index is 1030. The van der Waals surface area contributed by atoms with Gasteiger partial charge in [0.1, 0.15) is 11.4 Å². The van der Waals surface area contributed by atoms with Gasteiger partial charge >= 0.3 is 0 Å². The molecule has 4 rings (SSSR count). The third kappa shape index (κ3) is 3.36. The number of phenolic OH excluding ortho intramolecular Hbond substituents is 1. The van der Waals surface area contributed by atoms with Gasteiger partial charge in [0.15, 0.2) is 5.82 Å². The maximum Gasteiger partial charge on any atom is 0.228 e. The predicted octanol–water partition coefficient (Wildman–Crippen LogP) is 4.60. The van der Waals surface area contributed by atoms with Crippen molar-refractivity contribution >= 4 is 11.7 Å². The van der Waals surface area contributed by atoms with Crippen LogP contribution in [0.15, 0.2) is 48.5 Å². The number of nitrogens with one attached hydrogen (secondary N) is 1. The summed E-state index contributed by atoms with van der Waals surface area (Å²) in [5.41, 5.74) is 5.32. The fourth-order valence-electron chi connectivity index (χ4n) is 3.44. The molecule has 0 aliphatic heterocycles. The van der Waals surface area contributed by atoms with Crippen molar-refractivity contribution in [3.63, 3.8) is 0 Å². The van der Waals surface area contributed by atoms with E-state index in [-0.39, 0.29) is 17.6 Å². The molecule has 0 spiro atoms. The average Bonchev–Trinajstić information content (AvgIpc) is 2.72. The fourth-order valence-corrected chi connectivity index (χ4v) is 3.44. The molecule has 5 heteroatoms.